The molecule has 2 aromatic heterocycles. The minimum atomic E-state index is -4.55. The molecule has 1 fully saturated rings. The quantitative estimate of drug-likeness (QED) is 0.282. The fourth-order valence-electron chi connectivity index (χ4n) is 4.57. The highest BCUT2D eigenvalue weighted by Crippen LogP contribution is 2.35. The third-order valence-corrected chi connectivity index (χ3v) is 6.80. The van der Waals surface area contributed by atoms with Crippen molar-refractivity contribution in [1.29, 1.82) is 0 Å². The Hall–Kier alpha value is -4.10. The summed E-state index contributed by atoms with van der Waals surface area (Å²) in [7, 11) is 0. The molecule has 4 rings (SSSR count). The lowest BCUT2D eigenvalue weighted by Gasteiger charge is -2.31. The van der Waals surface area contributed by atoms with E-state index in [1.54, 1.807) is 12.3 Å². The number of halogens is 3. The lowest BCUT2D eigenvalue weighted by molar-refractivity contribution is -0.137. The van der Waals surface area contributed by atoms with Gasteiger partial charge in [-0.1, -0.05) is 25.8 Å². The van der Waals surface area contributed by atoms with Crippen LogP contribution >= 0.6 is 0 Å². The van der Waals surface area contributed by atoms with Crippen LogP contribution < -0.4 is 15.0 Å². The molecular formula is C31H33F3N4O3. The Morgan fingerprint density at radius 3 is 2.68 bits per heavy atom. The number of aromatic nitrogens is 2. The molecule has 1 aromatic carbocycles. The molecule has 1 aliphatic heterocycles. The molecule has 41 heavy (non-hydrogen) atoms. The average Bonchev–Trinajstić information content (AvgIpc) is 2.97. The number of hydrogen-bond donors (Lipinski definition) is 1. The number of anilines is 2. The molecule has 0 radical (unpaired) electrons. The van der Waals surface area contributed by atoms with Gasteiger partial charge in [-0.15, -0.1) is 12.3 Å². The normalized spacial score (nSPS) is 14.3. The topological polar surface area (TPSA) is 76.6 Å². The lowest BCUT2D eigenvalue weighted by atomic mass is 10.0. The molecule has 216 valence electrons. The molecule has 0 aliphatic carbocycles. The fourth-order valence-corrected chi connectivity index (χ4v) is 4.57. The summed E-state index contributed by atoms with van der Waals surface area (Å²) in [6, 6.07) is 7.99. The van der Waals surface area contributed by atoms with E-state index >= 15 is 0 Å². The highest BCUT2D eigenvalue weighted by Gasteiger charge is 2.31. The van der Waals surface area contributed by atoms with Crippen LogP contribution in [0.4, 0.5) is 24.5 Å². The zero-order chi connectivity index (χ0) is 29.4. The number of alkyl halides is 3. The van der Waals surface area contributed by atoms with Gasteiger partial charge in [0.15, 0.2) is 0 Å². The summed E-state index contributed by atoms with van der Waals surface area (Å²) in [4.78, 5) is 24.0. The number of carbonyl (C=O) groups is 1. The number of nitrogens with zero attached hydrogens (tertiary/aromatic N) is 3. The number of rotatable bonds is 10. The highest BCUT2D eigenvalue weighted by atomic mass is 19.4. The lowest BCUT2D eigenvalue weighted by Crippen LogP contribution is -2.36. The van der Waals surface area contributed by atoms with Crippen LogP contribution in [-0.4, -0.2) is 48.3 Å². The van der Waals surface area contributed by atoms with Crippen molar-refractivity contribution in [2.75, 3.05) is 36.5 Å². The number of aryl methyl sites for hydroxylation is 1. The molecule has 0 saturated carbocycles. The van der Waals surface area contributed by atoms with Crippen molar-refractivity contribution in [1.82, 2.24) is 9.97 Å². The highest BCUT2D eigenvalue weighted by molar-refractivity contribution is 6.04. The first kappa shape index (κ1) is 29.9. The molecule has 10 heteroatoms. The van der Waals surface area contributed by atoms with E-state index in [9.17, 15) is 18.0 Å². The number of pyridine rings is 2. The summed E-state index contributed by atoms with van der Waals surface area (Å²) in [5.41, 5.74) is 2.31. The maximum Gasteiger partial charge on any atom is 0.416 e. The van der Waals surface area contributed by atoms with Crippen molar-refractivity contribution in [3.8, 4) is 29.4 Å². The van der Waals surface area contributed by atoms with Crippen molar-refractivity contribution < 1.29 is 27.4 Å². The number of unbranched alkanes of at least 4 members (excludes halogenated alkanes) is 1. The van der Waals surface area contributed by atoms with Crippen LogP contribution in [0.15, 0.2) is 48.8 Å². The number of carbonyl (C=O) groups excluding carboxylic acids is 1. The van der Waals surface area contributed by atoms with Crippen LogP contribution in [0, 0.1) is 19.3 Å². The van der Waals surface area contributed by atoms with Gasteiger partial charge in [-0.05, 0) is 43.7 Å². The van der Waals surface area contributed by atoms with E-state index in [0.717, 1.165) is 42.6 Å². The molecule has 1 N–H and O–H groups in total. The minimum Gasteiger partial charge on any atom is -0.472 e. The number of terminal acetylenes is 1. The van der Waals surface area contributed by atoms with Gasteiger partial charge in [0, 0.05) is 48.1 Å². The van der Waals surface area contributed by atoms with Crippen molar-refractivity contribution >= 4 is 17.3 Å². The van der Waals surface area contributed by atoms with E-state index in [0.29, 0.717) is 55.5 Å². The van der Waals surface area contributed by atoms with Crippen molar-refractivity contribution in [2.45, 2.75) is 51.8 Å². The van der Waals surface area contributed by atoms with Crippen LogP contribution in [0.2, 0.25) is 0 Å². The van der Waals surface area contributed by atoms with Gasteiger partial charge in [0.25, 0.3) is 5.91 Å². The van der Waals surface area contributed by atoms with Gasteiger partial charge < -0.3 is 19.7 Å². The maximum absolute atomic E-state index is 13.1. The fraction of sp³-hybridized carbons (Fsp3) is 0.387. The van der Waals surface area contributed by atoms with E-state index in [2.05, 4.69) is 33.0 Å². The summed E-state index contributed by atoms with van der Waals surface area (Å²) < 4.78 is 51.3. The zero-order valence-corrected chi connectivity index (χ0v) is 23.1. The third-order valence-electron chi connectivity index (χ3n) is 6.80. The summed E-state index contributed by atoms with van der Waals surface area (Å²) in [5.74, 6) is 2.52. The number of nitrogens with one attached hydrogen (secondary N) is 1. The van der Waals surface area contributed by atoms with Gasteiger partial charge in [-0.25, -0.2) is 4.98 Å². The second-order valence-corrected chi connectivity index (χ2v) is 9.83. The van der Waals surface area contributed by atoms with Crippen molar-refractivity contribution in [3.63, 3.8) is 0 Å². The van der Waals surface area contributed by atoms with Crippen LogP contribution in [0.3, 0.4) is 0 Å². The third kappa shape index (κ3) is 7.76. The molecule has 0 bridgehead atoms. The summed E-state index contributed by atoms with van der Waals surface area (Å²) in [6.45, 7) is 6.43. The monoisotopic (exact) mass is 566 g/mol. The van der Waals surface area contributed by atoms with Gasteiger partial charge in [0.2, 0.25) is 5.88 Å². The first-order valence-electron chi connectivity index (χ1n) is 13.6. The second kappa shape index (κ2) is 13.5. The predicted octanol–water partition coefficient (Wildman–Crippen LogP) is 6.52. The van der Waals surface area contributed by atoms with Crippen LogP contribution in [0.1, 0.15) is 54.2 Å². The van der Waals surface area contributed by atoms with Gasteiger partial charge >= 0.3 is 6.18 Å². The predicted molar refractivity (Wildman–Crippen MR) is 152 cm³/mol. The smallest absolute Gasteiger partial charge is 0.416 e. The van der Waals surface area contributed by atoms with Gasteiger partial charge in [0.05, 0.1) is 30.7 Å². The molecule has 3 aromatic rings. The molecule has 1 aliphatic rings. The van der Waals surface area contributed by atoms with E-state index in [1.165, 1.54) is 18.3 Å². The van der Waals surface area contributed by atoms with Crippen LogP contribution in [-0.2, 0) is 10.9 Å². The van der Waals surface area contributed by atoms with Crippen LogP contribution in [0.25, 0.3) is 11.1 Å². The summed E-state index contributed by atoms with van der Waals surface area (Å²) >= 11 is 0. The standard InChI is InChI=1S/C31H33F3N4O3/c1-4-6-11-26(8-5-2)41-30-28(38-12-14-40-15-13-38)17-23(19-36-30)27-18-25(20-35-21(27)3)37-29(39)22-9-7-10-24(16-22)31(32,33)34/h2,7,9-10,16-20,26H,4,6,8,11-15H2,1,3H3,(H,37,39). The second-order valence-electron chi connectivity index (χ2n) is 9.83. The van der Waals surface area contributed by atoms with Crippen molar-refractivity contribution in [3.05, 3.63) is 65.6 Å². The maximum atomic E-state index is 13.1. The number of hydrogen-bond acceptors (Lipinski definition) is 6. The zero-order valence-electron chi connectivity index (χ0n) is 23.1. The van der Waals surface area contributed by atoms with E-state index in [-0.39, 0.29) is 11.7 Å². The van der Waals surface area contributed by atoms with E-state index in [1.807, 2.05) is 13.0 Å². The molecule has 0 spiro atoms. The summed E-state index contributed by atoms with van der Waals surface area (Å²) in [5, 5.41) is 2.66. The Balaban J connectivity index is 1.64. The Labute approximate surface area is 238 Å². The molecule has 1 atom stereocenters. The van der Waals surface area contributed by atoms with Crippen LogP contribution in [0.5, 0.6) is 5.88 Å². The number of morpholine rings is 1. The average molecular weight is 567 g/mol. The minimum absolute atomic E-state index is 0.107. The Morgan fingerprint density at radius 2 is 1.98 bits per heavy atom. The first-order chi connectivity index (χ1) is 19.7. The van der Waals surface area contributed by atoms with Crippen molar-refractivity contribution in [2.24, 2.45) is 0 Å². The first-order valence-corrected chi connectivity index (χ1v) is 13.6. The molecular weight excluding hydrogens is 533 g/mol. The summed E-state index contributed by atoms with van der Waals surface area (Å²) in [6.07, 6.45) is 7.37. The van der Waals surface area contributed by atoms with E-state index < -0.39 is 17.6 Å². The number of benzene rings is 1. The molecule has 7 nitrogen and oxygen atoms in total. The van der Waals surface area contributed by atoms with Gasteiger partial charge in [-0.2, -0.15) is 13.2 Å². The number of ether oxygens (including phenoxy) is 2. The molecule has 1 saturated heterocycles. The molecule has 1 amide bonds. The van der Waals surface area contributed by atoms with E-state index in [4.69, 9.17) is 15.9 Å². The van der Waals surface area contributed by atoms with Gasteiger partial charge in [-0.3, -0.25) is 9.78 Å². The molecule has 3 heterocycles. The Bertz CT molecular complexity index is 1400. The molecule has 1 unspecified atom stereocenters. The largest absolute Gasteiger partial charge is 0.472 e. The number of amides is 1. The SMILES string of the molecule is C#CCC(CCCC)Oc1ncc(-c2cc(NC(=O)c3cccc(C(F)(F)F)c3)cnc2C)cc1N1CCOCC1. The Morgan fingerprint density at radius 1 is 1.20 bits per heavy atom. The Kier molecular flexibility index (Phi) is 9.84. The van der Waals surface area contributed by atoms with Gasteiger partial charge in [0.1, 0.15) is 11.8 Å².